The number of nitrogens with one attached hydrogen (secondary N) is 2. The molecule has 2 aliphatic heterocycles. The van der Waals surface area contributed by atoms with Gasteiger partial charge in [0.15, 0.2) is 0 Å². The Kier molecular flexibility index (Phi) is 8.37. The van der Waals surface area contributed by atoms with Crippen LogP contribution in [-0.4, -0.2) is 71.8 Å². The van der Waals surface area contributed by atoms with Crippen LogP contribution in [0.4, 0.5) is 0 Å². The summed E-state index contributed by atoms with van der Waals surface area (Å²) in [4.78, 5) is 64.9. The Labute approximate surface area is 163 Å². The second kappa shape index (κ2) is 10.7. The van der Waals surface area contributed by atoms with Gasteiger partial charge in [-0.2, -0.15) is 0 Å². The van der Waals surface area contributed by atoms with Crippen molar-refractivity contribution >= 4 is 29.6 Å². The summed E-state index contributed by atoms with van der Waals surface area (Å²) in [5.41, 5.74) is 0. The number of amides is 4. The summed E-state index contributed by atoms with van der Waals surface area (Å²) in [5, 5.41) is 5.74. The second-order valence-corrected chi connectivity index (χ2v) is 6.92. The topological polar surface area (TPSA) is 125 Å². The fraction of sp³-hybridized carbons (Fsp3) is 0.722. The molecule has 2 fully saturated rings. The summed E-state index contributed by atoms with van der Waals surface area (Å²) in [6, 6.07) is 0.458. The molecule has 0 aromatic carbocycles. The highest BCUT2D eigenvalue weighted by molar-refractivity contribution is 6.01. The van der Waals surface area contributed by atoms with Crippen LogP contribution in [0.2, 0.25) is 0 Å². The van der Waals surface area contributed by atoms with E-state index in [2.05, 4.69) is 22.5 Å². The third-order valence-electron chi connectivity index (χ3n) is 4.84. The van der Waals surface area contributed by atoms with Gasteiger partial charge in [-0.05, 0) is 25.8 Å². The van der Waals surface area contributed by atoms with Crippen LogP contribution in [0.5, 0.6) is 0 Å². The molecule has 0 bridgehead atoms. The van der Waals surface area contributed by atoms with Crippen LogP contribution in [0.15, 0.2) is 0 Å². The van der Waals surface area contributed by atoms with Crippen LogP contribution >= 0.6 is 0 Å². The van der Waals surface area contributed by atoms with E-state index in [1.54, 1.807) is 0 Å². The van der Waals surface area contributed by atoms with Crippen LogP contribution in [0.1, 0.15) is 51.9 Å². The van der Waals surface area contributed by atoms with E-state index in [4.69, 9.17) is 4.84 Å². The first kappa shape index (κ1) is 21.8. The number of carbonyl (C=O) groups is 5. The SMILES string of the molecule is C[13CH2][13CH]1[13CH2][13CH2][13CH2]N1[13CH2][13C](=O)NCCC(=O)NCCC(=O)ON1C(=O)CCC1=O. The molecule has 2 N–H and O–H groups in total. The van der Waals surface area contributed by atoms with Gasteiger partial charge in [-0.3, -0.25) is 24.1 Å². The van der Waals surface area contributed by atoms with E-state index in [-0.39, 0.29) is 50.6 Å². The molecule has 1 unspecified atom stereocenters. The van der Waals surface area contributed by atoms with Gasteiger partial charge in [-0.15, -0.1) is 5.06 Å². The molecule has 2 saturated heterocycles. The number of carbonyl (C=O) groups excluding carboxylic acids is 5. The molecule has 0 spiro atoms. The molecule has 0 saturated carbocycles. The van der Waals surface area contributed by atoms with Crippen molar-refractivity contribution in [2.45, 2.75) is 57.9 Å². The lowest BCUT2D eigenvalue weighted by Gasteiger charge is -2.22. The fourth-order valence-corrected chi connectivity index (χ4v) is 3.32. The van der Waals surface area contributed by atoms with Crippen LogP contribution in [0.3, 0.4) is 0 Å². The molecule has 0 aromatic heterocycles. The number of imide groups is 1. The fourth-order valence-electron chi connectivity index (χ4n) is 3.32. The van der Waals surface area contributed by atoms with Crippen molar-refractivity contribution in [1.29, 1.82) is 0 Å². The minimum Gasteiger partial charge on any atom is -0.355 e. The van der Waals surface area contributed by atoms with Gasteiger partial charge in [-0.25, -0.2) is 4.79 Å². The van der Waals surface area contributed by atoms with E-state index in [1.807, 2.05) is 0 Å². The van der Waals surface area contributed by atoms with Gasteiger partial charge in [-0.1, -0.05) is 6.92 Å². The summed E-state index contributed by atoms with van der Waals surface area (Å²) >= 11 is 0. The second-order valence-electron chi connectivity index (χ2n) is 6.92. The molecule has 10 nitrogen and oxygen atoms in total. The van der Waals surface area contributed by atoms with Gasteiger partial charge in [0.2, 0.25) is 11.8 Å². The highest BCUT2D eigenvalue weighted by atomic mass is 16.7. The molecular weight excluding hydrogens is 375 g/mol. The van der Waals surface area contributed by atoms with Crippen molar-refractivity contribution in [1.82, 2.24) is 20.6 Å². The summed E-state index contributed by atoms with van der Waals surface area (Å²) < 4.78 is 0. The molecule has 0 aromatic rings. The first-order valence-corrected chi connectivity index (χ1v) is 9.74. The van der Waals surface area contributed by atoms with Crippen molar-refractivity contribution in [2.24, 2.45) is 0 Å². The first-order chi connectivity index (χ1) is 13.4. The molecule has 10 heteroatoms. The zero-order chi connectivity index (χ0) is 20.5. The summed E-state index contributed by atoms with van der Waals surface area (Å²) in [7, 11) is 0. The number of rotatable bonds is 10. The zero-order valence-corrected chi connectivity index (χ0v) is 16.2. The lowest BCUT2D eigenvalue weighted by Crippen LogP contribution is -2.40. The molecule has 4 amide bonds. The van der Waals surface area contributed by atoms with Crippen molar-refractivity contribution in [3.05, 3.63) is 0 Å². The smallest absolute Gasteiger partial charge is 0.334 e. The average Bonchev–Trinajstić information content (AvgIpc) is 3.22. The maximum Gasteiger partial charge on any atom is 0.334 e. The Morgan fingerprint density at radius 1 is 1.04 bits per heavy atom. The Bertz CT molecular complexity index is 607. The average molecular weight is 403 g/mol. The van der Waals surface area contributed by atoms with Gasteiger partial charge >= 0.3 is 5.97 Å². The molecular formula is C18H28N4O6. The van der Waals surface area contributed by atoms with Crippen molar-refractivity contribution in [2.75, 3.05) is 26.2 Å². The zero-order valence-electron chi connectivity index (χ0n) is 16.2. The molecule has 156 valence electrons. The van der Waals surface area contributed by atoms with Gasteiger partial charge in [0.05, 0.1) is 13.0 Å². The van der Waals surface area contributed by atoms with Crippen LogP contribution in [0.25, 0.3) is 0 Å². The number of hydrogen-bond acceptors (Lipinski definition) is 7. The van der Waals surface area contributed by atoms with E-state index < -0.39 is 17.8 Å². The van der Waals surface area contributed by atoms with E-state index >= 15 is 0 Å². The van der Waals surface area contributed by atoms with Crippen molar-refractivity contribution in [3.8, 4) is 0 Å². The minimum atomic E-state index is -0.770. The van der Waals surface area contributed by atoms with E-state index in [1.165, 1.54) is 0 Å². The quantitative estimate of drug-likeness (QED) is 0.371. The minimum absolute atomic E-state index is 0.0216. The lowest BCUT2D eigenvalue weighted by atomic mass is 10.3. The Morgan fingerprint density at radius 2 is 1.68 bits per heavy atom. The summed E-state index contributed by atoms with van der Waals surface area (Å²) in [5.74, 6) is -2.27. The van der Waals surface area contributed by atoms with E-state index in [9.17, 15) is 24.0 Å². The number of hydroxylamine groups is 2. The van der Waals surface area contributed by atoms with E-state index in [0.717, 1.165) is 25.8 Å². The molecule has 0 aliphatic carbocycles. The van der Waals surface area contributed by atoms with Gasteiger partial charge in [0.1, 0.15) is 0 Å². The van der Waals surface area contributed by atoms with Crippen LogP contribution < -0.4 is 10.6 Å². The van der Waals surface area contributed by atoms with Gasteiger partial charge in [0.25, 0.3) is 11.8 Å². The Morgan fingerprint density at radius 3 is 2.36 bits per heavy atom. The Balaban J connectivity index is 1.54. The maximum absolute atomic E-state index is 12.0. The molecule has 1 atom stereocenters. The summed E-state index contributed by atoms with van der Waals surface area (Å²) in [6.45, 7) is 3.63. The first-order valence-electron chi connectivity index (χ1n) is 9.74. The van der Waals surface area contributed by atoms with Crippen LogP contribution in [0, 0.1) is 0 Å². The predicted molar refractivity (Wildman–Crippen MR) is 97.3 cm³/mol. The molecule has 28 heavy (non-hydrogen) atoms. The number of likely N-dealkylation sites (tertiary alicyclic amines) is 1. The summed E-state index contributed by atoms with van der Waals surface area (Å²) in [6.07, 6.45) is 3.25. The highest BCUT2D eigenvalue weighted by Crippen LogP contribution is 2.18. The molecule has 2 aliphatic rings. The van der Waals surface area contributed by atoms with Gasteiger partial charge in [0, 0.05) is 38.4 Å². The molecule has 0 radical (unpaired) electrons. The Hall–Kier alpha value is -2.49. The standard InChI is InChI=1S/C18H28N4O6/c1-2-13-4-3-11-21(13)12-15(24)20-9-7-14(23)19-10-8-18(27)28-22-16(25)5-6-17(22)26/h13H,2-12H2,1H3,(H,19,23)(H,20,24)/i2+1,3+1,4+1,11+1,12+1,13+1,15+1. The van der Waals surface area contributed by atoms with Gasteiger partial charge < -0.3 is 15.5 Å². The molecule has 2 heterocycles. The highest BCUT2D eigenvalue weighted by Gasteiger charge is 2.32. The van der Waals surface area contributed by atoms with Crippen molar-refractivity contribution in [3.63, 3.8) is 0 Å². The number of hydrogen-bond donors (Lipinski definition) is 2. The predicted octanol–water partition coefficient (Wildman–Crippen LogP) is -0.519. The third kappa shape index (κ3) is 6.59. The molecule has 2 rings (SSSR count). The third-order valence-corrected chi connectivity index (χ3v) is 4.84. The lowest BCUT2D eigenvalue weighted by molar-refractivity contribution is -0.197. The van der Waals surface area contributed by atoms with Crippen molar-refractivity contribution < 1.29 is 28.8 Å². The largest absolute Gasteiger partial charge is 0.355 e. The van der Waals surface area contributed by atoms with E-state index in [0.29, 0.717) is 17.6 Å². The maximum atomic E-state index is 12.0. The monoisotopic (exact) mass is 403 g/mol. The normalized spacial score (nSPS) is 19.8. The number of nitrogens with zero attached hydrogens (tertiary/aromatic N) is 2. The van der Waals surface area contributed by atoms with Crippen LogP contribution in [-0.2, 0) is 28.8 Å².